The second-order valence-electron chi connectivity index (χ2n) is 4.62. The summed E-state index contributed by atoms with van der Waals surface area (Å²) >= 11 is 11.2. The van der Waals surface area contributed by atoms with Crippen LogP contribution in [0.2, 0.25) is 5.02 Å². The van der Waals surface area contributed by atoms with Crippen LogP contribution < -0.4 is 10.5 Å². The lowest BCUT2D eigenvalue weighted by Crippen LogP contribution is -1.92. The van der Waals surface area contributed by atoms with Crippen LogP contribution in [-0.4, -0.2) is 6.61 Å². The normalized spacial score (nSPS) is 13.1. The first-order chi connectivity index (χ1) is 9.63. The van der Waals surface area contributed by atoms with Crippen molar-refractivity contribution in [1.29, 1.82) is 0 Å². The molecule has 0 radical (unpaired) electrons. The van der Waals surface area contributed by atoms with Crippen molar-refractivity contribution < 1.29 is 4.74 Å². The molecule has 0 spiro atoms. The summed E-state index contributed by atoms with van der Waals surface area (Å²) in [5.41, 5.74) is 9.18. The number of anilines is 1. The summed E-state index contributed by atoms with van der Waals surface area (Å²) in [5.74, 6) is 1.86. The lowest BCUT2D eigenvalue weighted by Gasteiger charge is -2.10. The maximum absolute atomic E-state index is 5.98. The second kappa shape index (κ2) is 5.88. The van der Waals surface area contributed by atoms with Crippen LogP contribution in [0.5, 0.6) is 5.75 Å². The fraction of sp³-hybridized carbons (Fsp3) is 0.200. The van der Waals surface area contributed by atoms with Gasteiger partial charge >= 0.3 is 0 Å². The second-order valence-corrected chi connectivity index (χ2v) is 6.99. The highest BCUT2D eigenvalue weighted by atomic mass is 79.9. The van der Waals surface area contributed by atoms with Gasteiger partial charge in [0.05, 0.1) is 6.61 Å². The maximum atomic E-state index is 5.98. The maximum Gasteiger partial charge on any atom is 0.126 e. The smallest absolute Gasteiger partial charge is 0.126 e. The fourth-order valence-corrected chi connectivity index (χ4v) is 3.91. The Morgan fingerprint density at radius 2 is 2.15 bits per heavy atom. The number of nitrogens with two attached hydrogens (primary N) is 1. The molecule has 2 nitrogen and oxygen atoms in total. The molecule has 0 saturated heterocycles. The minimum atomic E-state index is 0.665. The number of rotatable bonds is 3. The van der Waals surface area contributed by atoms with Crippen LogP contribution in [0.15, 0.2) is 39.7 Å². The first-order valence-electron chi connectivity index (χ1n) is 6.25. The van der Waals surface area contributed by atoms with Crippen molar-refractivity contribution in [2.24, 2.45) is 0 Å². The zero-order valence-electron chi connectivity index (χ0n) is 10.7. The van der Waals surface area contributed by atoms with Crippen molar-refractivity contribution in [1.82, 2.24) is 0 Å². The molecule has 20 heavy (non-hydrogen) atoms. The first kappa shape index (κ1) is 14.1. The highest BCUT2D eigenvalue weighted by Crippen LogP contribution is 2.38. The van der Waals surface area contributed by atoms with Crippen molar-refractivity contribution in [2.75, 3.05) is 12.3 Å². The molecule has 0 saturated carbocycles. The Labute approximate surface area is 135 Å². The molecule has 2 N–H and O–H groups in total. The Balaban J connectivity index is 1.82. The Kier molecular flexibility index (Phi) is 4.15. The van der Waals surface area contributed by atoms with E-state index >= 15 is 0 Å². The van der Waals surface area contributed by atoms with Crippen LogP contribution in [0.3, 0.4) is 0 Å². The monoisotopic (exact) mass is 369 g/mol. The number of thioether (sulfide) groups is 1. The van der Waals surface area contributed by atoms with Gasteiger partial charge in [0, 0.05) is 37.8 Å². The van der Waals surface area contributed by atoms with Crippen molar-refractivity contribution in [3.8, 4) is 5.75 Å². The Morgan fingerprint density at radius 1 is 1.30 bits per heavy atom. The van der Waals surface area contributed by atoms with E-state index in [0.717, 1.165) is 39.6 Å². The van der Waals surface area contributed by atoms with Gasteiger partial charge in [0.15, 0.2) is 0 Å². The highest BCUT2D eigenvalue weighted by Gasteiger charge is 2.17. The Hall–Kier alpha value is -0.840. The minimum absolute atomic E-state index is 0.665. The van der Waals surface area contributed by atoms with Gasteiger partial charge in [-0.25, -0.2) is 0 Å². The van der Waals surface area contributed by atoms with E-state index in [-0.39, 0.29) is 0 Å². The van der Waals surface area contributed by atoms with Gasteiger partial charge in [0.25, 0.3) is 0 Å². The number of hydrogen-bond donors (Lipinski definition) is 1. The van der Waals surface area contributed by atoms with E-state index in [1.54, 1.807) is 17.8 Å². The van der Waals surface area contributed by atoms with E-state index in [9.17, 15) is 0 Å². The van der Waals surface area contributed by atoms with E-state index in [0.29, 0.717) is 5.02 Å². The largest absolute Gasteiger partial charge is 0.493 e. The SMILES string of the molecule is Nc1cc(Cl)ccc1SCc1cc(Br)cc2c1OCC2. The Morgan fingerprint density at radius 3 is 2.95 bits per heavy atom. The summed E-state index contributed by atoms with van der Waals surface area (Å²) in [6, 6.07) is 9.85. The molecule has 0 aromatic heterocycles. The molecule has 0 fully saturated rings. The van der Waals surface area contributed by atoms with E-state index < -0.39 is 0 Å². The third-order valence-electron chi connectivity index (χ3n) is 3.18. The van der Waals surface area contributed by atoms with Crippen molar-refractivity contribution >= 4 is 45.0 Å². The topological polar surface area (TPSA) is 35.2 Å². The average Bonchev–Trinajstić information content (AvgIpc) is 2.85. The summed E-state index contributed by atoms with van der Waals surface area (Å²) < 4.78 is 6.83. The van der Waals surface area contributed by atoms with Gasteiger partial charge in [-0.1, -0.05) is 27.5 Å². The molecular weight excluding hydrogens is 358 g/mol. The fourth-order valence-electron chi connectivity index (χ4n) is 2.26. The Bertz CT molecular complexity index is 663. The van der Waals surface area contributed by atoms with Gasteiger partial charge in [-0.15, -0.1) is 11.8 Å². The van der Waals surface area contributed by atoms with E-state index in [1.807, 2.05) is 12.1 Å². The van der Waals surface area contributed by atoms with Gasteiger partial charge in [-0.2, -0.15) is 0 Å². The van der Waals surface area contributed by atoms with Crippen LogP contribution in [0, 0.1) is 0 Å². The van der Waals surface area contributed by atoms with Gasteiger partial charge in [-0.05, 0) is 35.9 Å². The number of nitrogen functional groups attached to an aromatic ring is 1. The van der Waals surface area contributed by atoms with Crippen LogP contribution in [-0.2, 0) is 12.2 Å². The molecule has 0 aliphatic carbocycles. The molecule has 0 atom stereocenters. The van der Waals surface area contributed by atoms with Crippen molar-refractivity contribution in [3.05, 3.63) is 51.0 Å². The number of ether oxygens (including phenoxy) is 1. The minimum Gasteiger partial charge on any atom is -0.493 e. The lowest BCUT2D eigenvalue weighted by atomic mass is 10.1. The van der Waals surface area contributed by atoms with Gasteiger partial charge < -0.3 is 10.5 Å². The molecular formula is C15H13BrClNOS. The van der Waals surface area contributed by atoms with Crippen LogP contribution in [0.1, 0.15) is 11.1 Å². The molecule has 2 aromatic rings. The molecule has 5 heteroatoms. The average molecular weight is 371 g/mol. The van der Waals surface area contributed by atoms with Crippen LogP contribution in [0.4, 0.5) is 5.69 Å². The first-order valence-corrected chi connectivity index (χ1v) is 8.41. The molecule has 104 valence electrons. The summed E-state index contributed by atoms with van der Waals surface area (Å²) in [4.78, 5) is 1.04. The molecule has 1 heterocycles. The van der Waals surface area contributed by atoms with Gasteiger partial charge in [0.2, 0.25) is 0 Å². The standard InChI is InChI=1S/C15H13BrClNOS/c16-11-5-9-3-4-19-15(9)10(6-11)8-20-14-2-1-12(17)7-13(14)18/h1-2,5-7H,3-4,8,18H2. The molecule has 2 aromatic carbocycles. The van der Waals surface area contributed by atoms with Gasteiger partial charge in [-0.3, -0.25) is 0 Å². The van der Waals surface area contributed by atoms with E-state index in [2.05, 4.69) is 28.1 Å². The van der Waals surface area contributed by atoms with Crippen molar-refractivity contribution in [3.63, 3.8) is 0 Å². The van der Waals surface area contributed by atoms with Crippen LogP contribution in [0.25, 0.3) is 0 Å². The van der Waals surface area contributed by atoms with Gasteiger partial charge in [0.1, 0.15) is 5.75 Å². The third-order valence-corrected chi connectivity index (χ3v) is 5.01. The summed E-state index contributed by atoms with van der Waals surface area (Å²) in [6.45, 7) is 0.770. The summed E-state index contributed by atoms with van der Waals surface area (Å²) in [7, 11) is 0. The summed E-state index contributed by atoms with van der Waals surface area (Å²) in [5, 5.41) is 0.665. The number of fused-ring (bicyclic) bond motifs is 1. The quantitative estimate of drug-likeness (QED) is 0.616. The van der Waals surface area contributed by atoms with Crippen molar-refractivity contribution in [2.45, 2.75) is 17.1 Å². The van der Waals surface area contributed by atoms with E-state index in [4.69, 9.17) is 22.1 Å². The highest BCUT2D eigenvalue weighted by molar-refractivity contribution is 9.10. The predicted octanol–water partition coefficient (Wildman–Crippen LogP) is 4.91. The summed E-state index contributed by atoms with van der Waals surface area (Å²) in [6.07, 6.45) is 0.982. The van der Waals surface area contributed by atoms with Crippen LogP contribution >= 0.6 is 39.3 Å². The number of hydrogen-bond acceptors (Lipinski definition) is 3. The zero-order valence-corrected chi connectivity index (χ0v) is 13.8. The molecule has 0 bridgehead atoms. The van der Waals surface area contributed by atoms with E-state index in [1.165, 1.54) is 11.1 Å². The number of halogens is 2. The predicted molar refractivity (Wildman–Crippen MR) is 88.8 cm³/mol. The molecule has 0 unspecified atom stereocenters. The number of benzene rings is 2. The molecule has 1 aliphatic heterocycles. The molecule has 3 rings (SSSR count). The lowest BCUT2D eigenvalue weighted by molar-refractivity contribution is 0.354. The third kappa shape index (κ3) is 2.92. The molecule has 1 aliphatic rings. The molecule has 0 amide bonds. The zero-order chi connectivity index (χ0) is 14.1.